The Balaban J connectivity index is 1.33. The fourth-order valence-corrected chi connectivity index (χ4v) is 8.57. The number of ether oxygens (including phenoxy) is 1. The maximum absolute atomic E-state index is 14.9. The maximum atomic E-state index is 14.9. The molecule has 0 radical (unpaired) electrons. The first-order valence-corrected chi connectivity index (χ1v) is 17.6. The molecule has 4 atom stereocenters. The number of amides is 2. The van der Waals surface area contributed by atoms with Crippen LogP contribution in [0.1, 0.15) is 49.1 Å². The van der Waals surface area contributed by atoms with Gasteiger partial charge in [0.15, 0.2) is 0 Å². The lowest BCUT2D eigenvalue weighted by atomic mass is 9.84. The van der Waals surface area contributed by atoms with Gasteiger partial charge in [0.1, 0.15) is 17.7 Å². The number of alkyl halides is 2. The number of carbonyl (C=O) groups is 2. The van der Waals surface area contributed by atoms with Crippen molar-refractivity contribution in [3.05, 3.63) is 102 Å². The summed E-state index contributed by atoms with van der Waals surface area (Å²) in [6.07, 6.45) is -0.903. The number of nitrogens with zero attached hydrogens (tertiary/aromatic N) is 1. The summed E-state index contributed by atoms with van der Waals surface area (Å²) >= 11 is 0. The topological polar surface area (TPSA) is 117 Å². The van der Waals surface area contributed by atoms with Crippen LogP contribution in [-0.2, 0) is 19.6 Å². The summed E-state index contributed by atoms with van der Waals surface area (Å²) in [7, 11) is -2.65. The zero-order chi connectivity index (χ0) is 35.2. The molecular formula is C35H40F4N4O5S. The van der Waals surface area contributed by atoms with Gasteiger partial charge in [-0.3, -0.25) is 4.79 Å². The van der Waals surface area contributed by atoms with Crippen molar-refractivity contribution in [2.24, 2.45) is 5.92 Å². The molecule has 3 aromatic rings. The van der Waals surface area contributed by atoms with E-state index >= 15 is 0 Å². The van der Waals surface area contributed by atoms with Gasteiger partial charge in [-0.15, -0.1) is 0 Å². The van der Waals surface area contributed by atoms with Crippen LogP contribution < -0.4 is 16.0 Å². The van der Waals surface area contributed by atoms with E-state index in [0.29, 0.717) is 43.5 Å². The number of nitrogens with one attached hydrogen (secondary N) is 3. The molecule has 264 valence electrons. The molecule has 0 aromatic heterocycles. The molecule has 1 saturated carbocycles. The molecule has 1 saturated heterocycles. The molecule has 2 unspecified atom stereocenters. The zero-order valence-corrected chi connectivity index (χ0v) is 27.8. The molecule has 0 spiro atoms. The minimum absolute atomic E-state index is 0.190. The van der Waals surface area contributed by atoms with E-state index in [1.807, 2.05) is 0 Å². The first-order chi connectivity index (χ1) is 23.4. The van der Waals surface area contributed by atoms with Gasteiger partial charge in [0.05, 0.1) is 12.0 Å². The van der Waals surface area contributed by atoms with Gasteiger partial charge in [-0.05, 0) is 66.3 Å². The van der Waals surface area contributed by atoms with Crippen molar-refractivity contribution in [1.29, 1.82) is 0 Å². The van der Waals surface area contributed by atoms with Crippen molar-refractivity contribution in [1.82, 2.24) is 20.3 Å². The lowest BCUT2D eigenvalue weighted by molar-refractivity contribution is -0.124. The number of rotatable bonds is 12. The molecule has 0 bridgehead atoms. The standard InChI is InChI=1S/C35H40F4N4O5S/c1-48-34(45)42-32(31(23-10-14-26(36)15-11-23)24-12-16-27(37)17-13-24)33(44)41-30-21-35(38,39)20-25(30)6-5-7-28-22-40-18-19-43(28)49(46,47)29-8-3-2-4-9-29/h2-4,8-17,25,28,30-32,40H,5-7,18-22H2,1H3,(H,41,44)(H,42,45)/t25?,28-,30?,32-/m0/s1. The SMILES string of the molecule is COC(=O)N[C@H](C(=O)NC1CC(F)(F)CC1CCC[C@H]1CNCCN1S(=O)(=O)c1ccccc1)C(c1ccc(F)cc1)c1ccc(F)cc1. The summed E-state index contributed by atoms with van der Waals surface area (Å²) in [5.74, 6) is -6.50. The Kier molecular flexibility index (Phi) is 11.6. The first kappa shape index (κ1) is 36.3. The largest absolute Gasteiger partial charge is 0.453 e. The Morgan fingerprint density at radius 3 is 2.14 bits per heavy atom. The molecule has 14 heteroatoms. The summed E-state index contributed by atoms with van der Waals surface area (Å²) in [6.45, 7) is 1.19. The van der Waals surface area contributed by atoms with Crippen molar-refractivity contribution < 1.29 is 40.3 Å². The predicted octanol–water partition coefficient (Wildman–Crippen LogP) is 5.18. The number of hydrogen-bond donors (Lipinski definition) is 3. The van der Waals surface area contributed by atoms with Crippen LogP contribution in [0.4, 0.5) is 22.4 Å². The van der Waals surface area contributed by atoms with E-state index in [4.69, 9.17) is 4.74 Å². The summed E-state index contributed by atoms with van der Waals surface area (Å²) < 4.78 is 90.6. The highest BCUT2D eigenvalue weighted by Crippen LogP contribution is 2.42. The molecule has 9 nitrogen and oxygen atoms in total. The number of piperazine rings is 1. The Morgan fingerprint density at radius 1 is 0.939 bits per heavy atom. The molecule has 3 N–H and O–H groups in total. The second-order valence-corrected chi connectivity index (χ2v) is 14.4. The smallest absolute Gasteiger partial charge is 0.407 e. The van der Waals surface area contributed by atoms with E-state index in [-0.39, 0.29) is 17.5 Å². The summed E-state index contributed by atoms with van der Waals surface area (Å²) in [5.41, 5.74) is 0.822. The van der Waals surface area contributed by atoms with E-state index < -0.39 is 76.3 Å². The van der Waals surface area contributed by atoms with Crippen molar-refractivity contribution in [2.45, 2.75) is 67.0 Å². The van der Waals surface area contributed by atoms with Gasteiger partial charge >= 0.3 is 6.09 Å². The Morgan fingerprint density at radius 2 is 1.55 bits per heavy atom. The monoisotopic (exact) mass is 704 g/mol. The second-order valence-electron chi connectivity index (χ2n) is 12.6. The third-order valence-electron chi connectivity index (χ3n) is 9.27. The molecule has 2 amide bonds. The average molecular weight is 705 g/mol. The highest BCUT2D eigenvalue weighted by atomic mass is 32.2. The number of methoxy groups -OCH3 is 1. The Bertz CT molecular complexity index is 1630. The molecule has 49 heavy (non-hydrogen) atoms. The minimum Gasteiger partial charge on any atom is -0.453 e. The van der Waals surface area contributed by atoms with Crippen LogP contribution in [0.3, 0.4) is 0 Å². The average Bonchev–Trinajstić information content (AvgIpc) is 3.38. The molecule has 2 fully saturated rings. The third-order valence-corrected chi connectivity index (χ3v) is 11.2. The van der Waals surface area contributed by atoms with Crippen molar-refractivity contribution in [3.63, 3.8) is 0 Å². The first-order valence-electron chi connectivity index (χ1n) is 16.2. The number of halogens is 4. The van der Waals surface area contributed by atoms with Gasteiger partial charge < -0.3 is 20.7 Å². The summed E-state index contributed by atoms with van der Waals surface area (Å²) in [4.78, 5) is 26.7. The number of sulfonamides is 1. The number of hydrogen-bond acceptors (Lipinski definition) is 6. The Labute approximate surface area is 283 Å². The zero-order valence-electron chi connectivity index (χ0n) is 27.0. The van der Waals surface area contributed by atoms with Gasteiger partial charge in [0.2, 0.25) is 15.9 Å². The van der Waals surface area contributed by atoms with Gasteiger partial charge in [-0.1, -0.05) is 48.9 Å². The van der Waals surface area contributed by atoms with Crippen LogP contribution in [0.5, 0.6) is 0 Å². The van der Waals surface area contributed by atoms with Gasteiger partial charge in [-0.25, -0.2) is 30.8 Å². The van der Waals surface area contributed by atoms with Crippen LogP contribution in [-0.4, -0.2) is 75.5 Å². The van der Waals surface area contributed by atoms with Gasteiger partial charge in [-0.2, -0.15) is 4.31 Å². The second kappa shape index (κ2) is 15.7. The Hall–Kier alpha value is -4.01. The van der Waals surface area contributed by atoms with E-state index in [0.717, 1.165) is 7.11 Å². The highest BCUT2D eigenvalue weighted by molar-refractivity contribution is 7.89. The van der Waals surface area contributed by atoms with Crippen LogP contribution in [0.15, 0.2) is 83.8 Å². The van der Waals surface area contributed by atoms with Crippen molar-refractivity contribution >= 4 is 22.0 Å². The van der Waals surface area contributed by atoms with E-state index in [1.54, 1.807) is 30.3 Å². The molecular weight excluding hydrogens is 664 g/mol. The molecule has 2 aliphatic rings. The minimum atomic E-state index is -3.76. The molecule has 1 aliphatic carbocycles. The summed E-state index contributed by atoms with van der Waals surface area (Å²) in [5, 5.41) is 8.47. The lowest BCUT2D eigenvalue weighted by Gasteiger charge is -2.35. The van der Waals surface area contributed by atoms with Crippen LogP contribution in [0.2, 0.25) is 0 Å². The fourth-order valence-electron chi connectivity index (χ4n) is 6.89. The van der Waals surface area contributed by atoms with Gasteiger partial charge in [0.25, 0.3) is 5.92 Å². The van der Waals surface area contributed by atoms with Crippen LogP contribution in [0, 0.1) is 17.6 Å². The third kappa shape index (κ3) is 8.97. The van der Waals surface area contributed by atoms with Gasteiger partial charge in [0, 0.05) is 50.5 Å². The van der Waals surface area contributed by atoms with E-state index in [9.17, 15) is 35.6 Å². The van der Waals surface area contributed by atoms with Crippen molar-refractivity contribution in [3.8, 4) is 0 Å². The number of benzene rings is 3. The van der Waals surface area contributed by atoms with Crippen molar-refractivity contribution in [2.75, 3.05) is 26.7 Å². The fraction of sp³-hybridized carbons (Fsp3) is 0.429. The quantitative estimate of drug-likeness (QED) is 0.224. The number of alkyl carbamates (subject to hydrolysis) is 1. The summed E-state index contributed by atoms with van der Waals surface area (Å²) in [6, 6.07) is 15.8. The van der Waals surface area contributed by atoms with E-state index in [1.165, 1.54) is 52.8 Å². The lowest BCUT2D eigenvalue weighted by Crippen LogP contribution is -2.53. The van der Waals surface area contributed by atoms with Crippen LogP contribution >= 0.6 is 0 Å². The molecule has 3 aromatic carbocycles. The number of carbonyl (C=O) groups excluding carboxylic acids is 2. The van der Waals surface area contributed by atoms with Crippen LogP contribution in [0.25, 0.3) is 0 Å². The predicted molar refractivity (Wildman–Crippen MR) is 174 cm³/mol. The molecule has 5 rings (SSSR count). The maximum Gasteiger partial charge on any atom is 0.407 e. The normalized spacial score (nSPS) is 21.6. The van der Waals surface area contributed by atoms with E-state index in [2.05, 4.69) is 16.0 Å². The molecule has 1 heterocycles. The molecule has 1 aliphatic heterocycles. The highest BCUT2D eigenvalue weighted by Gasteiger charge is 2.47.